The van der Waals surface area contributed by atoms with Crippen molar-refractivity contribution in [2.45, 2.75) is 37.6 Å². The molecule has 0 atom stereocenters. The molecule has 0 radical (unpaired) electrons. The molecule has 3 aromatic rings. The lowest BCUT2D eigenvalue weighted by Crippen LogP contribution is -2.41. The second-order valence-corrected chi connectivity index (χ2v) is 11.5. The Morgan fingerprint density at radius 3 is 2.30 bits per heavy atom. The first-order valence-corrected chi connectivity index (χ1v) is 14.3. The molecule has 1 aliphatic rings. The number of aryl methyl sites for hydroxylation is 1. The van der Waals surface area contributed by atoms with Crippen molar-refractivity contribution in [1.29, 1.82) is 0 Å². The van der Waals surface area contributed by atoms with Gasteiger partial charge >= 0.3 is 6.03 Å². The van der Waals surface area contributed by atoms with Crippen LogP contribution in [0, 0.1) is 18.6 Å². The van der Waals surface area contributed by atoms with E-state index < -0.39 is 26.9 Å². The first kappa shape index (κ1) is 28.9. The number of sulfonamides is 1. The fourth-order valence-electron chi connectivity index (χ4n) is 4.60. The maximum Gasteiger partial charge on any atom is 0.331 e. The lowest BCUT2D eigenvalue weighted by atomic mass is 9.89. The van der Waals surface area contributed by atoms with Crippen molar-refractivity contribution in [2.24, 2.45) is 0 Å². The molecule has 2 heterocycles. The number of aromatic nitrogens is 1. The number of hydrogen-bond donors (Lipinski definition) is 2. The summed E-state index contributed by atoms with van der Waals surface area (Å²) < 4.78 is 53.9. The Labute approximate surface area is 232 Å². The topological polar surface area (TPSA) is 112 Å². The number of pyridine rings is 1. The average Bonchev–Trinajstić information content (AvgIpc) is 2.94. The van der Waals surface area contributed by atoms with Crippen LogP contribution in [-0.2, 0) is 10.0 Å². The number of carbonyl (C=O) groups excluding carboxylic acids is 2. The predicted molar refractivity (Wildman–Crippen MR) is 147 cm³/mol. The molecule has 3 amide bonds. The van der Waals surface area contributed by atoms with Gasteiger partial charge < -0.3 is 15.5 Å². The van der Waals surface area contributed by atoms with Gasteiger partial charge in [-0.2, -0.15) is 8.42 Å². The highest BCUT2D eigenvalue weighted by atomic mass is 32.2. The van der Waals surface area contributed by atoms with E-state index in [1.165, 1.54) is 42.6 Å². The number of likely N-dealkylation sites (tertiary alicyclic amines) is 1. The molecule has 9 nitrogen and oxygen atoms in total. The number of anilines is 2. The Morgan fingerprint density at radius 2 is 1.68 bits per heavy atom. The highest BCUT2D eigenvalue weighted by molar-refractivity contribution is 7.89. The van der Waals surface area contributed by atoms with Gasteiger partial charge in [-0.1, -0.05) is 12.1 Å². The number of benzene rings is 2. The number of nitrogens with one attached hydrogen (secondary N) is 2. The normalized spacial score (nSPS) is 14.1. The van der Waals surface area contributed by atoms with Crippen molar-refractivity contribution in [3.8, 4) is 0 Å². The monoisotopic (exact) mass is 571 g/mol. The Hall–Kier alpha value is -4.06. The summed E-state index contributed by atoms with van der Waals surface area (Å²) in [6, 6.07) is 10.8. The van der Waals surface area contributed by atoms with Gasteiger partial charge in [0.25, 0.3) is 15.9 Å². The predicted octanol–water partition coefficient (Wildman–Crippen LogP) is 4.78. The van der Waals surface area contributed by atoms with E-state index in [2.05, 4.69) is 15.6 Å². The Kier molecular flexibility index (Phi) is 8.67. The first-order valence-electron chi connectivity index (χ1n) is 12.9. The van der Waals surface area contributed by atoms with Crippen LogP contribution in [0.2, 0.25) is 0 Å². The summed E-state index contributed by atoms with van der Waals surface area (Å²) in [6.07, 6.45) is 2.52. The number of hydrogen-bond acceptors (Lipinski definition) is 6. The van der Waals surface area contributed by atoms with Crippen molar-refractivity contribution in [2.75, 3.05) is 32.0 Å². The summed E-state index contributed by atoms with van der Waals surface area (Å²) in [7, 11) is -3.23. The van der Waals surface area contributed by atoms with E-state index in [1.54, 1.807) is 30.9 Å². The van der Waals surface area contributed by atoms with Crippen molar-refractivity contribution in [3.63, 3.8) is 0 Å². The third-order valence-electron chi connectivity index (χ3n) is 6.93. The molecular weight excluding hydrogens is 540 g/mol. The van der Waals surface area contributed by atoms with E-state index in [1.807, 2.05) is 0 Å². The third kappa shape index (κ3) is 6.22. The molecule has 1 aromatic heterocycles. The fourth-order valence-corrected chi connectivity index (χ4v) is 5.61. The SMILES string of the molecule is CCNC(=O)N(C)S(=O)(=O)c1cc(Nc2ccc(F)cc2C)c(C(=O)N2CCC(c3ccc(F)cc3)CC2)cn1. The zero-order valence-electron chi connectivity index (χ0n) is 22.4. The summed E-state index contributed by atoms with van der Waals surface area (Å²) in [6.45, 7) is 4.45. The van der Waals surface area contributed by atoms with Gasteiger partial charge in [-0.25, -0.2) is 22.9 Å². The molecule has 0 saturated carbocycles. The summed E-state index contributed by atoms with van der Waals surface area (Å²) >= 11 is 0. The standard InChI is InChI=1S/C28H31F2N5O4S/c1-4-31-28(37)34(3)40(38,39)26-16-25(33-24-10-9-22(30)15-18(24)2)23(17-32-26)27(36)35-13-11-20(12-14-35)19-5-7-21(29)8-6-19/h5-10,15-17,20H,4,11-14H2,1-3H3,(H,31,37)(H,32,33). The zero-order chi connectivity index (χ0) is 29.0. The molecule has 2 N–H and O–H groups in total. The number of nitrogens with zero attached hydrogens (tertiary/aromatic N) is 3. The maximum absolute atomic E-state index is 13.7. The summed E-state index contributed by atoms with van der Waals surface area (Å²) in [4.78, 5) is 31.6. The molecule has 0 aliphatic carbocycles. The van der Waals surface area contributed by atoms with E-state index in [9.17, 15) is 26.8 Å². The van der Waals surface area contributed by atoms with Crippen molar-refractivity contribution in [3.05, 3.63) is 83.1 Å². The number of amides is 3. The van der Waals surface area contributed by atoms with Gasteiger partial charge in [0.05, 0.1) is 11.3 Å². The van der Waals surface area contributed by atoms with Crippen LogP contribution in [-0.4, -0.2) is 61.2 Å². The van der Waals surface area contributed by atoms with Gasteiger partial charge in [0.1, 0.15) is 11.6 Å². The zero-order valence-corrected chi connectivity index (χ0v) is 23.3. The van der Waals surface area contributed by atoms with E-state index in [-0.39, 0.29) is 35.4 Å². The Bertz CT molecular complexity index is 1510. The maximum atomic E-state index is 13.7. The largest absolute Gasteiger partial charge is 0.355 e. The van der Waals surface area contributed by atoms with Crippen LogP contribution in [0.4, 0.5) is 25.0 Å². The molecule has 2 aromatic carbocycles. The number of rotatable bonds is 7. The van der Waals surface area contributed by atoms with Crippen LogP contribution < -0.4 is 10.6 Å². The molecule has 0 spiro atoms. The number of carbonyl (C=O) groups is 2. The third-order valence-corrected chi connectivity index (χ3v) is 8.57. The second kappa shape index (κ2) is 12.0. The van der Waals surface area contributed by atoms with E-state index in [4.69, 9.17) is 0 Å². The van der Waals surface area contributed by atoms with E-state index >= 15 is 0 Å². The molecule has 0 unspecified atom stereocenters. The van der Waals surface area contributed by atoms with Crippen LogP contribution in [0.1, 0.15) is 47.2 Å². The Morgan fingerprint density at radius 1 is 1.02 bits per heavy atom. The van der Waals surface area contributed by atoms with Crippen LogP contribution >= 0.6 is 0 Å². The van der Waals surface area contributed by atoms with Crippen LogP contribution in [0.25, 0.3) is 0 Å². The minimum atomic E-state index is -4.34. The fraction of sp³-hybridized carbons (Fsp3) is 0.321. The van der Waals surface area contributed by atoms with Gasteiger partial charge in [0, 0.05) is 44.6 Å². The van der Waals surface area contributed by atoms with Crippen LogP contribution in [0.15, 0.2) is 59.8 Å². The summed E-state index contributed by atoms with van der Waals surface area (Å²) in [5.74, 6) is -0.916. The van der Waals surface area contributed by atoms with Crippen molar-refractivity contribution in [1.82, 2.24) is 19.5 Å². The lowest BCUT2D eigenvalue weighted by Gasteiger charge is -2.32. The minimum absolute atomic E-state index is 0.128. The minimum Gasteiger partial charge on any atom is -0.355 e. The molecule has 4 rings (SSSR count). The second-order valence-electron chi connectivity index (χ2n) is 9.58. The molecule has 40 heavy (non-hydrogen) atoms. The highest BCUT2D eigenvalue weighted by Crippen LogP contribution is 2.31. The van der Waals surface area contributed by atoms with Gasteiger partial charge in [0.2, 0.25) is 0 Å². The number of piperidine rings is 1. The smallest absolute Gasteiger partial charge is 0.331 e. The lowest BCUT2D eigenvalue weighted by molar-refractivity contribution is 0.0713. The molecule has 1 saturated heterocycles. The summed E-state index contributed by atoms with van der Waals surface area (Å²) in [5.41, 5.74) is 2.30. The van der Waals surface area contributed by atoms with E-state index in [0.717, 1.165) is 12.6 Å². The average molecular weight is 572 g/mol. The quantitative estimate of drug-likeness (QED) is 0.422. The van der Waals surface area contributed by atoms with Crippen LogP contribution in [0.5, 0.6) is 0 Å². The molecule has 1 fully saturated rings. The van der Waals surface area contributed by atoms with E-state index in [0.29, 0.717) is 41.5 Å². The van der Waals surface area contributed by atoms with Gasteiger partial charge in [0.15, 0.2) is 5.03 Å². The van der Waals surface area contributed by atoms with Gasteiger partial charge in [-0.15, -0.1) is 0 Å². The van der Waals surface area contributed by atoms with Crippen molar-refractivity contribution >= 4 is 33.3 Å². The Balaban J connectivity index is 1.64. The molecular formula is C28H31F2N5O4S. The van der Waals surface area contributed by atoms with Gasteiger partial charge in [-0.3, -0.25) is 4.79 Å². The van der Waals surface area contributed by atoms with Crippen LogP contribution in [0.3, 0.4) is 0 Å². The van der Waals surface area contributed by atoms with Crippen molar-refractivity contribution < 1.29 is 26.8 Å². The first-order chi connectivity index (χ1) is 19.0. The highest BCUT2D eigenvalue weighted by Gasteiger charge is 2.30. The molecule has 0 bridgehead atoms. The molecule has 12 heteroatoms. The van der Waals surface area contributed by atoms with Gasteiger partial charge in [-0.05, 0) is 74.1 Å². The number of halogens is 2. The number of urea groups is 1. The molecule has 212 valence electrons. The molecule has 1 aliphatic heterocycles. The summed E-state index contributed by atoms with van der Waals surface area (Å²) in [5, 5.41) is 5.05.